The zero-order chi connectivity index (χ0) is 10.5. The van der Waals surface area contributed by atoms with Gasteiger partial charge in [-0.15, -0.1) is 0 Å². The number of nitrogens with one attached hydrogen (secondary N) is 1. The highest BCUT2D eigenvalue weighted by molar-refractivity contribution is 7.98. The van der Waals surface area contributed by atoms with Gasteiger partial charge in [0.05, 0.1) is 0 Å². The fraction of sp³-hybridized carbons (Fsp3) is 0.545. The fourth-order valence-electron chi connectivity index (χ4n) is 1.71. The molecule has 1 aliphatic heterocycles. The van der Waals surface area contributed by atoms with Crippen molar-refractivity contribution < 1.29 is 0 Å². The fourth-order valence-corrected chi connectivity index (χ4v) is 2.91. The van der Waals surface area contributed by atoms with Gasteiger partial charge in [-0.05, 0) is 31.0 Å². The summed E-state index contributed by atoms with van der Waals surface area (Å²) in [5.74, 6) is 2.23. The molecule has 1 atom stereocenters. The molecule has 4 heteroatoms. The maximum absolute atomic E-state index is 5.72. The third-order valence-electron chi connectivity index (χ3n) is 2.54. The van der Waals surface area contributed by atoms with E-state index in [0.717, 1.165) is 11.8 Å². The second-order valence-corrected chi connectivity index (χ2v) is 5.22. The standard InChI is InChI=1S/C11H15ClN2S/c12-11-4-3-9(6-14-11)7-15-8-10-2-1-5-13-10/h3-4,6,10,13H,1-2,5,7-8H2/t10-/m1/s1. The molecule has 15 heavy (non-hydrogen) atoms. The van der Waals surface area contributed by atoms with E-state index in [1.165, 1.54) is 30.7 Å². The Balaban J connectivity index is 1.71. The summed E-state index contributed by atoms with van der Waals surface area (Å²) < 4.78 is 0. The van der Waals surface area contributed by atoms with E-state index in [-0.39, 0.29) is 0 Å². The van der Waals surface area contributed by atoms with E-state index in [1.807, 2.05) is 30.1 Å². The molecule has 1 N–H and O–H groups in total. The molecule has 2 heterocycles. The van der Waals surface area contributed by atoms with Gasteiger partial charge in [0.15, 0.2) is 0 Å². The molecule has 1 saturated heterocycles. The second-order valence-electron chi connectivity index (χ2n) is 3.80. The van der Waals surface area contributed by atoms with Gasteiger partial charge in [-0.2, -0.15) is 11.8 Å². The monoisotopic (exact) mass is 242 g/mol. The van der Waals surface area contributed by atoms with E-state index in [1.54, 1.807) is 0 Å². The summed E-state index contributed by atoms with van der Waals surface area (Å²) in [5.41, 5.74) is 1.25. The first kappa shape index (κ1) is 11.2. The highest BCUT2D eigenvalue weighted by atomic mass is 35.5. The Morgan fingerprint density at radius 1 is 1.53 bits per heavy atom. The van der Waals surface area contributed by atoms with Gasteiger partial charge in [0.1, 0.15) is 5.15 Å². The van der Waals surface area contributed by atoms with Crippen molar-refractivity contribution in [3.63, 3.8) is 0 Å². The molecule has 82 valence electrons. The molecule has 1 aromatic heterocycles. The highest BCUT2D eigenvalue weighted by Crippen LogP contribution is 2.17. The third kappa shape index (κ3) is 3.67. The second kappa shape index (κ2) is 5.73. The number of hydrogen-bond acceptors (Lipinski definition) is 3. The van der Waals surface area contributed by atoms with E-state index in [0.29, 0.717) is 5.15 Å². The summed E-state index contributed by atoms with van der Waals surface area (Å²) in [6, 6.07) is 4.62. The van der Waals surface area contributed by atoms with E-state index in [4.69, 9.17) is 11.6 Å². The minimum absolute atomic E-state index is 0.571. The minimum atomic E-state index is 0.571. The Labute approximate surface area is 99.8 Å². The molecular formula is C11H15ClN2S. The van der Waals surface area contributed by atoms with Gasteiger partial charge in [-0.3, -0.25) is 0 Å². The molecule has 0 bridgehead atoms. The maximum Gasteiger partial charge on any atom is 0.129 e. The van der Waals surface area contributed by atoms with Crippen molar-refractivity contribution in [3.8, 4) is 0 Å². The van der Waals surface area contributed by atoms with Crippen LogP contribution in [0.2, 0.25) is 5.15 Å². The summed E-state index contributed by atoms with van der Waals surface area (Å²) in [5, 5.41) is 4.06. The van der Waals surface area contributed by atoms with Gasteiger partial charge in [-0.25, -0.2) is 4.98 Å². The quantitative estimate of drug-likeness (QED) is 0.822. The maximum atomic E-state index is 5.72. The molecule has 1 aliphatic rings. The highest BCUT2D eigenvalue weighted by Gasteiger charge is 2.13. The lowest BCUT2D eigenvalue weighted by Gasteiger charge is -2.08. The van der Waals surface area contributed by atoms with Gasteiger partial charge < -0.3 is 5.32 Å². The van der Waals surface area contributed by atoms with Crippen LogP contribution in [-0.4, -0.2) is 23.3 Å². The van der Waals surface area contributed by atoms with Crippen molar-refractivity contribution in [3.05, 3.63) is 29.0 Å². The van der Waals surface area contributed by atoms with Crippen molar-refractivity contribution in [2.45, 2.75) is 24.6 Å². The first-order valence-electron chi connectivity index (χ1n) is 5.26. The Morgan fingerprint density at radius 2 is 2.47 bits per heavy atom. The molecule has 0 aliphatic carbocycles. The lowest BCUT2D eigenvalue weighted by Crippen LogP contribution is -2.23. The van der Waals surface area contributed by atoms with E-state index >= 15 is 0 Å². The molecule has 1 fully saturated rings. The van der Waals surface area contributed by atoms with Crippen LogP contribution < -0.4 is 5.32 Å². The van der Waals surface area contributed by atoms with Crippen LogP contribution in [0.4, 0.5) is 0 Å². The SMILES string of the molecule is Clc1ccc(CSC[C@H]2CCCN2)cn1. The molecule has 0 saturated carbocycles. The predicted octanol–water partition coefficient (Wildman–Crippen LogP) is 2.72. The molecule has 0 spiro atoms. The van der Waals surface area contributed by atoms with Crippen LogP contribution in [0.25, 0.3) is 0 Å². The lowest BCUT2D eigenvalue weighted by atomic mass is 10.3. The number of halogens is 1. The van der Waals surface area contributed by atoms with Crippen LogP contribution >= 0.6 is 23.4 Å². The largest absolute Gasteiger partial charge is 0.313 e. The van der Waals surface area contributed by atoms with Crippen molar-refractivity contribution in [2.75, 3.05) is 12.3 Å². The van der Waals surface area contributed by atoms with Gasteiger partial charge in [0.2, 0.25) is 0 Å². The number of aromatic nitrogens is 1. The van der Waals surface area contributed by atoms with Crippen molar-refractivity contribution >= 4 is 23.4 Å². The number of hydrogen-bond donors (Lipinski definition) is 1. The van der Waals surface area contributed by atoms with Crippen LogP contribution in [0.5, 0.6) is 0 Å². The first-order chi connectivity index (χ1) is 7.34. The summed E-state index contributed by atoms with van der Waals surface area (Å²) in [6.45, 7) is 1.19. The summed E-state index contributed by atoms with van der Waals surface area (Å²) in [4.78, 5) is 4.07. The van der Waals surface area contributed by atoms with E-state index < -0.39 is 0 Å². The van der Waals surface area contributed by atoms with Crippen molar-refractivity contribution in [1.29, 1.82) is 0 Å². The molecule has 0 radical (unpaired) electrons. The third-order valence-corrected chi connectivity index (χ3v) is 3.94. The zero-order valence-electron chi connectivity index (χ0n) is 8.58. The van der Waals surface area contributed by atoms with E-state index in [2.05, 4.69) is 10.3 Å². The van der Waals surface area contributed by atoms with Crippen LogP contribution in [0.3, 0.4) is 0 Å². The lowest BCUT2D eigenvalue weighted by molar-refractivity contribution is 0.674. The molecule has 0 aromatic carbocycles. The topological polar surface area (TPSA) is 24.9 Å². The Hall–Kier alpha value is -0.250. The van der Waals surface area contributed by atoms with Crippen LogP contribution in [0.1, 0.15) is 18.4 Å². The molecule has 0 unspecified atom stereocenters. The van der Waals surface area contributed by atoms with Gasteiger partial charge in [0.25, 0.3) is 0 Å². The van der Waals surface area contributed by atoms with Crippen LogP contribution in [-0.2, 0) is 5.75 Å². The van der Waals surface area contributed by atoms with Gasteiger partial charge >= 0.3 is 0 Å². The molecule has 1 aromatic rings. The molecule has 2 nitrogen and oxygen atoms in total. The Morgan fingerprint density at radius 3 is 3.13 bits per heavy atom. The Bertz CT molecular complexity index is 296. The number of thioether (sulfide) groups is 1. The van der Waals surface area contributed by atoms with Gasteiger partial charge in [0, 0.05) is 23.7 Å². The molecular weight excluding hydrogens is 228 g/mol. The first-order valence-corrected chi connectivity index (χ1v) is 6.79. The van der Waals surface area contributed by atoms with Crippen LogP contribution in [0, 0.1) is 0 Å². The Kier molecular flexibility index (Phi) is 4.29. The number of nitrogens with zero attached hydrogens (tertiary/aromatic N) is 1. The van der Waals surface area contributed by atoms with Crippen LogP contribution in [0.15, 0.2) is 18.3 Å². The average Bonchev–Trinajstić information content (AvgIpc) is 2.74. The normalized spacial score (nSPS) is 20.7. The van der Waals surface area contributed by atoms with Gasteiger partial charge in [-0.1, -0.05) is 17.7 Å². The summed E-state index contributed by atoms with van der Waals surface area (Å²) in [7, 11) is 0. The molecule has 2 rings (SSSR count). The summed E-state index contributed by atoms with van der Waals surface area (Å²) >= 11 is 7.69. The predicted molar refractivity (Wildman–Crippen MR) is 66.4 cm³/mol. The van der Waals surface area contributed by atoms with E-state index in [9.17, 15) is 0 Å². The zero-order valence-corrected chi connectivity index (χ0v) is 10.2. The van der Waals surface area contributed by atoms with Crippen molar-refractivity contribution in [2.24, 2.45) is 0 Å². The number of rotatable bonds is 4. The molecule has 0 amide bonds. The number of pyridine rings is 1. The van der Waals surface area contributed by atoms with Crippen molar-refractivity contribution in [1.82, 2.24) is 10.3 Å². The summed E-state index contributed by atoms with van der Waals surface area (Å²) in [6.07, 6.45) is 4.51. The minimum Gasteiger partial charge on any atom is -0.313 e. The average molecular weight is 243 g/mol. The smallest absolute Gasteiger partial charge is 0.129 e.